The molecule has 0 saturated carbocycles. The molecule has 4 rings (SSSR count). The number of benzene rings is 3. The Bertz CT molecular complexity index is 1350. The van der Waals surface area contributed by atoms with Crippen molar-refractivity contribution in [1.82, 2.24) is 9.21 Å². The lowest BCUT2D eigenvalue weighted by Gasteiger charge is -2.32. The van der Waals surface area contributed by atoms with E-state index in [2.05, 4.69) is 5.32 Å². The molecular weight excluding hydrogens is 498 g/mol. The van der Waals surface area contributed by atoms with Crippen molar-refractivity contribution >= 4 is 45.1 Å². The van der Waals surface area contributed by atoms with E-state index >= 15 is 0 Å². The average Bonchev–Trinajstić information content (AvgIpc) is 2.89. The van der Waals surface area contributed by atoms with Gasteiger partial charge in [-0.3, -0.25) is 14.5 Å². The van der Waals surface area contributed by atoms with Crippen LogP contribution in [0.5, 0.6) is 0 Å². The Morgan fingerprint density at radius 3 is 2.19 bits per heavy atom. The molecule has 0 aromatic heterocycles. The maximum Gasteiger partial charge on any atom is 0.238 e. The van der Waals surface area contributed by atoms with Crippen molar-refractivity contribution in [2.75, 3.05) is 38.0 Å². The molecular formula is C27H26ClN3O4S. The van der Waals surface area contributed by atoms with Gasteiger partial charge >= 0.3 is 0 Å². The van der Waals surface area contributed by atoms with Gasteiger partial charge in [-0.15, -0.1) is 0 Å². The number of nitrogens with one attached hydrogen (secondary N) is 1. The number of amides is 1. The van der Waals surface area contributed by atoms with Crippen LogP contribution in [-0.2, 0) is 14.8 Å². The number of carbonyl (C=O) groups is 2. The van der Waals surface area contributed by atoms with Crippen LogP contribution in [0.3, 0.4) is 0 Å². The first-order valence-electron chi connectivity index (χ1n) is 11.5. The number of anilines is 1. The molecule has 1 saturated heterocycles. The number of nitrogens with zero attached hydrogens (tertiary/aromatic N) is 2. The van der Waals surface area contributed by atoms with Gasteiger partial charge in [0.05, 0.1) is 12.2 Å². The second kappa shape index (κ2) is 11.6. The minimum atomic E-state index is -3.55. The zero-order valence-corrected chi connectivity index (χ0v) is 21.1. The third-order valence-corrected chi connectivity index (χ3v) is 7.63. The van der Waals surface area contributed by atoms with Gasteiger partial charge in [-0.1, -0.05) is 72.3 Å². The normalized spacial score (nSPS) is 15.1. The molecule has 0 atom stereocenters. The van der Waals surface area contributed by atoms with Gasteiger partial charge in [-0.05, 0) is 29.8 Å². The summed E-state index contributed by atoms with van der Waals surface area (Å²) < 4.78 is 26.8. The molecule has 0 spiro atoms. The fourth-order valence-corrected chi connectivity index (χ4v) is 5.25. The van der Waals surface area contributed by atoms with E-state index in [-0.39, 0.29) is 31.3 Å². The topological polar surface area (TPSA) is 86.8 Å². The molecule has 1 aliphatic rings. The molecule has 1 heterocycles. The van der Waals surface area contributed by atoms with E-state index in [4.69, 9.17) is 11.6 Å². The van der Waals surface area contributed by atoms with Gasteiger partial charge in [0.25, 0.3) is 0 Å². The van der Waals surface area contributed by atoms with Crippen molar-refractivity contribution in [3.63, 3.8) is 0 Å². The third-order valence-electron chi connectivity index (χ3n) is 5.83. The van der Waals surface area contributed by atoms with Gasteiger partial charge in [0.1, 0.15) is 0 Å². The molecule has 186 valence electrons. The molecule has 0 radical (unpaired) electrons. The zero-order valence-electron chi connectivity index (χ0n) is 19.5. The maximum absolute atomic E-state index is 13.0. The van der Waals surface area contributed by atoms with Gasteiger partial charge in [-0.25, -0.2) is 8.42 Å². The standard InChI is InChI=1S/C27H26ClN3O4S/c28-23-11-12-25(24(19-23)27(33)22-9-5-2-6-10-22)29-26(32)20-30-14-16-31(17-15-30)36(34,35)18-13-21-7-3-1-4-8-21/h1-13,18-19H,14-17,20H2,(H,29,32)/b18-13+. The number of piperazine rings is 1. The Labute approximate surface area is 216 Å². The predicted molar refractivity (Wildman–Crippen MR) is 142 cm³/mol. The summed E-state index contributed by atoms with van der Waals surface area (Å²) in [6.45, 7) is 1.49. The van der Waals surface area contributed by atoms with E-state index in [0.29, 0.717) is 34.9 Å². The number of halogens is 1. The van der Waals surface area contributed by atoms with Crippen LogP contribution in [0.1, 0.15) is 21.5 Å². The maximum atomic E-state index is 13.0. The Hall–Kier alpha value is -3.30. The second-order valence-electron chi connectivity index (χ2n) is 8.37. The summed E-state index contributed by atoms with van der Waals surface area (Å²) in [7, 11) is -3.55. The number of sulfonamides is 1. The molecule has 1 fully saturated rings. The Balaban J connectivity index is 1.35. The van der Waals surface area contributed by atoms with Crippen LogP contribution < -0.4 is 5.32 Å². The smallest absolute Gasteiger partial charge is 0.238 e. The van der Waals surface area contributed by atoms with E-state index in [1.807, 2.05) is 41.3 Å². The zero-order chi connectivity index (χ0) is 25.5. The van der Waals surface area contributed by atoms with Crippen LogP contribution in [0.4, 0.5) is 5.69 Å². The van der Waals surface area contributed by atoms with E-state index in [1.54, 1.807) is 48.5 Å². The summed E-state index contributed by atoms with van der Waals surface area (Å²) in [5, 5.41) is 4.43. The van der Waals surface area contributed by atoms with Crippen LogP contribution in [0.15, 0.2) is 84.3 Å². The van der Waals surface area contributed by atoms with Gasteiger partial charge in [0.2, 0.25) is 15.9 Å². The number of hydrogen-bond donors (Lipinski definition) is 1. The molecule has 1 aliphatic heterocycles. The summed E-state index contributed by atoms with van der Waals surface area (Å²) in [6, 6.07) is 22.8. The molecule has 9 heteroatoms. The highest BCUT2D eigenvalue weighted by molar-refractivity contribution is 7.92. The van der Waals surface area contributed by atoms with Gasteiger partial charge in [-0.2, -0.15) is 4.31 Å². The third kappa shape index (κ3) is 6.67. The van der Waals surface area contributed by atoms with Gasteiger partial charge < -0.3 is 5.32 Å². The molecule has 0 aliphatic carbocycles. The van der Waals surface area contributed by atoms with E-state index < -0.39 is 10.0 Å². The highest BCUT2D eigenvalue weighted by Crippen LogP contribution is 2.24. The summed E-state index contributed by atoms with van der Waals surface area (Å²) in [5.41, 5.74) is 1.99. The average molecular weight is 524 g/mol. The molecule has 36 heavy (non-hydrogen) atoms. The van der Waals surface area contributed by atoms with Crippen molar-refractivity contribution < 1.29 is 18.0 Å². The lowest BCUT2D eigenvalue weighted by molar-refractivity contribution is -0.117. The lowest BCUT2D eigenvalue weighted by Crippen LogP contribution is -2.49. The Morgan fingerprint density at radius 1 is 0.889 bits per heavy atom. The largest absolute Gasteiger partial charge is 0.324 e. The summed E-state index contributed by atoms with van der Waals surface area (Å²) in [4.78, 5) is 27.6. The number of carbonyl (C=O) groups excluding carboxylic acids is 2. The minimum Gasteiger partial charge on any atom is -0.324 e. The highest BCUT2D eigenvalue weighted by Gasteiger charge is 2.26. The number of hydrogen-bond acceptors (Lipinski definition) is 5. The summed E-state index contributed by atoms with van der Waals surface area (Å²) in [6.07, 6.45) is 1.58. The van der Waals surface area contributed by atoms with Crippen LogP contribution in [0, 0.1) is 0 Å². The molecule has 3 aromatic rings. The lowest BCUT2D eigenvalue weighted by atomic mass is 10.0. The molecule has 3 aromatic carbocycles. The molecule has 0 bridgehead atoms. The van der Waals surface area contributed by atoms with Crippen LogP contribution >= 0.6 is 11.6 Å². The molecule has 0 unspecified atom stereocenters. The Morgan fingerprint density at radius 2 is 1.53 bits per heavy atom. The number of rotatable bonds is 8. The monoisotopic (exact) mass is 523 g/mol. The quantitative estimate of drug-likeness (QED) is 0.449. The van der Waals surface area contributed by atoms with Crippen LogP contribution in [0.25, 0.3) is 6.08 Å². The Kier molecular flexibility index (Phi) is 8.32. The highest BCUT2D eigenvalue weighted by atomic mass is 35.5. The first-order chi connectivity index (χ1) is 17.3. The molecule has 1 amide bonds. The van der Waals surface area contributed by atoms with Crippen molar-refractivity contribution in [2.45, 2.75) is 0 Å². The van der Waals surface area contributed by atoms with E-state index in [9.17, 15) is 18.0 Å². The first-order valence-corrected chi connectivity index (χ1v) is 13.3. The summed E-state index contributed by atoms with van der Waals surface area (Å²) >= 11 is 6.12. The van der Waals surface area contributed by atoms with Crippen molar-refractivity contribution in [1.29, 1.82) is 0 Å². The molecule has 1 N–H and O–H groups in total. The molecule has 7 nitrogen and oxygen atoms in total. The van der Waals surface area contributed by atoms with E-state index in [0.717, 1.165) is 5.56 Å². The minimum absolute atomic E-state index is 0.0787. The van der Waals surface area contributed by atoms with Crippen molar-refractivity contribution in [2.24, 2.45) is 0 Å². The van der Waals surface area contributed by atoms with Gasteiger partial charge in [0, 0.05) is 47.7 Å². The van der Waals surface area contributed by atoms with Crippen LogP contribution in [0.2, 0.25) is 5.02 Å². The summed E-state index contributed by atoms with van der Waals surface area (Å²) in [5.74, 6) is -0.532. The van der Waals surface area contributed by atoms with Crippen LogP contribution in [-0.4, -0.2) is 62.0 Å². The number of ketones is 1. The SMILES string of the molecule is O=C(CN1CCN(S(=O)(=O)/C=C/c2ccccc2)CC1)Nc1ccc(Cl)cc1C(=O)c1ccccc1. The fourth-order valence-electron chi connectivity index (χ4n) is 3.91. The van der Waals surface area contributed by atoms with Gasteiger partial charge in [0.15, 0.2) is 5.78 Å². The second-order valence-corrected chi connectivity index (χ2v) is 10.6. The predicted octanol–water partition coefficient (Wildman–Crippen LogP) is 4.13. The fraction of sp³-hybridized carbons (Fsp3) is 0.185. The van der Waals surface area contributed by atoms with Crippen molar-refractivity contribution in [3.05, 3.63) is 106 Å². The van der Waals surface area contributed by atoms with E-state index in [1.165, 1.54) is 9.71 Å². The first kappa shape index (κ1) is 25.8. The van der Waals surface area contributed by atoms with Crippen molar-refractivity contribution in [3.8, 4) is 0 Å².